The summed E-state index contributed by atoms with van der Waals surface area (Å²) in [6.07, 6.45) is 17.0. The summed E-state index contributed by atoms with van der Waals surface area (Å²) in [5, 5.41) is 3.10. The molecule has 0 unspecified atom stereocenters. The summed E-state index contributed by atoms with van der Waals surface area (Å²) in [6, 6.07) is 0. The summed E-state index contributed by atoms with van der Waals surface area (Å²) in [4.78, 5) is 12.5. The van der Waals surface area contributed by atoms with Gasteiger partial charge in [-0.05, 0) is 43.4 Å². The molecule has 0 fully saturated rings. The van der Waals surface area contributed by atoms with Crippen molar-refractivity contribution < 1.29 is 4.79 Å². The number of unbranched alkanes of at least 4 members (excludes halogenated alkanes) is 3. The van der Waals surface area contributed by atoms with Gasteiger partial charge < -0.3 is 5.32 Å². The zero-order valence-electron chi connectivity index (χ0n) is 18.0. The summed E-state index contributed by atoms with van der Waals surface area (Å²) < 4.78 is 0. The Morgan fingerprint density at radius 3 is 2.32 bits per heavy atom. The Kier molecular flexibility index (Phi) is 11.8. The van der Waals surface area contributed by atoms with Crippen LogP contribution in [0.25, 0.3) is 0 Å². The Morgan fingerprint density at radius 1 is 1.04 bits per heavy atom. The lowest BCUT2D eigenvalue weighted by molar-refractivity contribution is -0.130. The van der Waals surface area contributed by atoms with E-state index in [1.165, 1.54) is 25.7 Å². The van der Waals surface area contributed by atoms with Gasteiger partial charge in [-0.1, -0.05) is 85.6 Å². The van der Waals surface area contributed by atoms with Crippen LogP contribution >= 0.6 is 0 Å². The van der Waals surface area contributed by atoms with Crippen molar-refractivity contribution in [2.45, 2.75) is 93.4 Å². The second-order valence-corrected chi connectivity index (χ2v) is 9.09. The average Bonchev–Trinajstić information content (AvgIpc) is 2.48. The molecule has 0 bridgehead atoms. The molecule has 0 aromatic heterocycles. The molecule has 25 heavy (non-hydrogen) atoms. The molecule has 0 aromatic rings. The van der Waals surface area contributed by atoms with Gasteiger partial charge in [-0.15, -0.1) is 0 Å². The Hall–Kier alpha value is -1.05. The van der Waals surface area contributed by atoms with Gasteiger partial charge in [0.05, 0.1) is 0 Å². The maximum Gasteiger partial charge on any atom is 0.225 e. The van der Waals surface area contributed by atoms with Crippen molar-refractivity contribution in [2.75, 3.05) is 6.54 Å². The van der Waals surface area contributed by atoms with Crippen LogP contribution in [0.1, 0.15) is 93.4 Å². The molecule has 0 radical (unpaired) electrons. The van der Waals surface area contributed by atoms with Gasteiger partial charge in [-0.3, -0.25) is 4.79 Å². The summed E-state index contributed by atoms with van der Waals surface area (Å²) in [5.74, 6) is 0.795. The lowest BCUT2D eigenvalue weighted by Gasteiger charge is -2.32. The Morgan fingerprint density at radius 2 is 1.72 bits per heavy atom. The van der Waals surface area contributed by atoms with Gasteiger partial charge in [0.2, 0.25) is 5.91 Å². The molecule has 1 N–H and O–H groups in total. The van der Waals surface area contributed by atoms with Gasteiger partial charge in [0.25, 0.3) is 0 Å². The van der Waals surface area contributed by atoms with E-state index in [-0.39, 0.29) is 16.7 Å². The van der Waals surface area contributed by atoms with Crippen LogP contribution in [-0.4, -0.2) is 12.5 Å². The molecule has 0 saturated heterocycles. The Balaban J connectivity index is 4.32. The zero-order chi connectivity index (χ0) is 19.3. The standard InChI is InChI=1S/C23H43NO/c1-8-9-10-11-12-13-14-15-17-22(4,5)19-23(6,7)21(25)24-18-16-20(2)3/h12-13,15,17,20H,8-11,14,16,18-19H2,1-7H3,(H,24,25)/b13-12-,17-15-. The predicted octanol–water partition coefficient (Wildman–Crippen LogP) is 6.67. The predicted molar refractivity (Wildman–Crippen MR) is 112 cm³/mol. The highest BCUT2D eigenvalue weighted by Gasteiger charge is 2.33. The summed E-state index contributed by atoms with van der Waals surface area (Å²) in [7, 11) is 0. The highest BCUT2D eigenvalue weighted by atomic mass is 16.2. The molecule has 0 aliphatic heterocycles. The van der Waals surface area contributed by atoms with Crippen LogP contribution in [0.4, 0.5) is 0 Å². The first kappa shape index (κ1) is 23.9. The first-order chi connectivity index (χ1) is 11.6. The van der Waals surface area contributed by atoms with Crippen LogP contribution < -0.4 is 5.32 Å². The topological polar surface area (TPSA) is 29.1 Å². The van der Waals surface area contributed by atoms with E-state index in [1.54, 1.807) is 0 Å². The average molecular weight is 350 g/mol. The van der Waals surface area contributed by atoms with Crippen LogP contribution in [-0.2, 0) is 4.79 Å². The van der Waals surface area contributed by atoms with E-state index in [2.05, 4.69) is 78.1 Å². The third-order valence-corrected chi connectivity index (χ3v) is 4.50. The summed E-state index contributed by atoms with van der Waals surface area (Å²) in [5.41, 5.74) is -0.324. The van der Waals surface area contributed by atoms with E-state index >= 15 is 0 Å². The monoisotopic (exact) mass is 349 g/mol. The van der Waals surface area contributed by atoms with Crippen molar-refractivity contribution in [3.05, 3.63) is 24.3 Å². The van der Waals surface area contributed by atoms with Crippen molar-refractivity contribution in [1.82, 2.24) is 5.32 Å². The molecule has 2 nitrogen and oxygen atoms in total. The van der Waals surface area contributed by atoms with Crippen LogP contribution in [0.15, 0.2) is 24.3 Å². The molecular formula is C23H43NO. The van der Waals surface area contributed by atoms with Gasteiger partial charge in [0, 0.05) is 12.0 Å². The number of hydrogen-bond donors (Lipinski definition) is 1. The largest absolute Gasteiger partial charge is 0.356 e. The second-order valence-electron chi connectivity index (χ2n) is 9.09. The molecule has 0 aliphatic rings. The maximum absolute atomic E-state index is 12.5. The summed E-state index contributed by atoms with van der Waals surface area (Å²) >= 11 is 0. The smallest absolute Gasteiger partial charge is 0.225 e. The van der Waals surface area contributed by atoms with Crippen molar-refractivity contribution in [2.24, 2.45) is 16.7 Å². The quantitative estimate of drug-likeness (QED) is 0.292. The van der Waals surface area contributed by atoms with E-state index in [1.807, 2.05) is 0 Å². The maximum atomic E-state index is 12.5. The van der Waals surface area contributed by atoms with E-state index in [4.69, 9.17) is 0 Å². The molecule has 0 atom stereocenters. The summed E-state index contributed by atoms with van der Waals surface area (Å²) in [6.45, 7) is 15.9. The number of amides is 1. The second kappa shape index (κ2) is 12.3. The number of carbonyl (C=O) groups excluding carboxylic acids is 1. The highest BCUT2D eigenvalue weighted by Crippen LogP contribution is 2.35. The molecular weight excluding hydrogens is 306 g/mol. The number of rotatable bonds is 13. The van der Waals surface area contributed by atoms with Gasteiger partial charge in [0.1, 0.15) is 0 Å². The van der Waals surface area contributed by atoms with Gasteiger partial charge in [0.15, 0.2) is 0 Å². The number of hydrogen-bond acceptors (Lipinski definition) is 1. The fourth-order valence-corrected chi connectivity index (χ4v) is 3.18. The van der Waals surface area contributed by atoms with Gasteiger partial charge in [-0.2, -0.15) is 0 Å². The molecule has 0 heterocycles. The SMILES string of the molecule is CCCCC/C=C\C/C=C\C(C)(C)CC(C)(C)C(=O)NCCC(C)C. The molecule has 0 rings (SSSR count). The van der Waals surface area contributed by atoms with E-state index in [0.717, 1.165) is 25.8 Å². The minimum Gasteiger partial charge on any atom is -0.356 e. The molecule has 0 aromatic carbocycles. The lowest BCUT2D eigenvalue weighted by Crippen LogP contribution is -2.40. The minimum absolute atomic E-state index is 0.0228. The van der Waals surface area contributed by atoms with Crippen molar-refractivity contribution >= 4 is 5.91 Å². The first-order valence-corrected chi connectivity index (χ1v) is 10.2. The van der Waals surface area contributed by atoms with Crippen LogP contribution in [0.5, 0.6) is 0 Å². The Labute approximate surface area is 157 Å². The third-order valence-electron chi connectivity index (χ3n) is 4.50. The van der Waals surface area contributed by atoms with E-state index < -0.39 is 0 Å². The van der Waals surface area contributed by atoms with Gasteiger partial charge >= 0.3 is 0 Å². The van der Waals surface area contributed by atoms with Crippen LogP contribution in [0, 0.1) is 16.7 Å². The molecule has 146 valence electrons. The van der Waals surface area contributed by atoms with E-state index in [9.17, 15) is 4.79 Å². The van der Waals surface area contributed by atoms with Crippen molar-refractivity contribution in [1.29, 1.82) is 0 Å². The fraction of sp³-hybridized carbons (Fsp3) is 0.783. The lowest BCUT2D eigenvalue weighted by atomic mass is 9.74. The molecule has 0 spiro atoms. The van der Waals surface area contributed by atoms with E-state index in [0.29, 0.717) is 5.92 Å². The third kappa shape index (κ3) is 12.9. The van der Waals surface area contributed by atoms with Crippen molar-refractivity contribution in [3.8, 4) is 0 Å². The van der Waals surface area contributed by atoms with Gasteiger partial charge in [-0.25, -0.2) is 0 Å². The number of carbonyl (C=O) groups is 1. The fourth-order valence-electron chi connectivity index (χ4n) is 3.18. The van der Waals surface area contributed by atoms with Crippen LogP contribution in [0.2, 0.25) is 0 Å². The Bertz CT molecular complexity index is 416. The normalized spacial score (nSPS) is 13.3. The number of allylic oxidation sites excluding steroid dienone is 4. The van der Waals surface area contributed by atoms with Crippen LogP contribution in [0.3, 0.4) is 0 Å². The zero-order valence-corrected chi connectivity index (χ0v) is 18.0. The minimum atomic E-state index is -0.346. The molecule has 0 saturated carbocycles. The highest BCUT2D eigenvalue weighted by molar-refractivity contribution is 5.81. The first-order valence-electron chi connectivity index (χ1n) is 10.2. The number of nitrogens with one attached hydrogen (secondary N) is 1. The molecule has 1 amide bonds. The van der Waals surface area contributed by atoms with Crippen molar-refractivity contribution in [3.63, 3.8) is 0 Å². The molecule has 2 heteroatoms. The molecule has 0 aliphatic carbocycles.